The minimum atomic E-state index is -1.92. The summed E-state index contributed by atoms with van der Waals surface area (Å²) in [6.07, 6.45) is 2.43. The molecule has 0 bridgehead atoms. The molecule has 27 heavy (non-hydrogen) atoms. The highest BCUT2D eigenvalue weighted by Crippen LogP contribution is 2.34. The molecule has 0 aromatic carbocycles. The highest BCUT2D eigenvalue weighted by Gasteiger charge is 2.43. The summed E-state index contributed by atoms with van der Waals surface area (Å²) < 4.78 is 20.1. The summed E-state index contributed by atoms with van der Waals surface area (Å²) >= 11 is 0. The van der Waals surface area contributed by atoms with Gasteiger partial charge in [0.1, 0.15) is 0 Å². The molecule has 0 aliphatic heterocycles. The van der Waals surface area contributed by atoms with E-state index in [9.17, 15) is 0 Å². The fourth-order valence-electron chi connectivity index (χ4n) is 3.33. The van der Waals surface area contributed by atoms with Crippen LogP contribution in [0, 0.1) is 0 Å². The molecule has 7 heteroatoms. The molecular formula is C20H50O3Si4. The Labute approximate surface area is 176 Å². The van der Waals surface area contributed by atoms with Crippen LogP contribution in [-0.4, -0.2) is 50.8 Å². The lowest BCUT2D eigenvalue weighted by molar-refractivity contribution is 0.123. The van der Waals surface area contributed by atoms with E-state index in [4.69, 9.17) is 13.3 Å². The topological polar surface area (TPSA) is 27.7 Å². The molecule has 5 atom stereocenters. The van der Waals surface area contributed by atoms with Gasteiger partial charge in [0.2, 0.25) is 8.32 Å². The lowest BCUT2D eigenvalue weighted by atomic mass is 10.2. The lowest BCUT2D eigenvalue weighted by Gasteiger charge is -2.45. The zero-order valence-electron chi connectivity index (χ0n) is 20.9. The fraction of sp³-hybridized carbons (Fsp3) is 1.00. The molecule has 0 rings (SSSR count). The van der Waals surface area contributed by atoms with Gasteiger partial charge in [0.05, 0.1) is 13.8 Å². The second kappa shape index (κ2) is 10.2. The first kappa shape index (κ1) is 27.7. The average Bonchev–Trinajstić information content (AvgIpc) is 2.48. The first-order chi connectivity index (χ1) is 11.9. The van der Waals surface area contributed by atoms with E-state index in [0.29, 0.717) is 5.54 Å². The molecule has 0 radical (unpaired) electrons. The zero-order valence-corrected chi connectivity index (χ0v) is 25.1. The van der Waals surface area contributed by atoms with Gasteiger partial charge in [-0.3, -0.25) is 0 Å². The molecule has 0 fully saturated rings. The van der Waals surface area contributed by atoms with E-state index in [2.05, 4.69) is 93.5 Å². The molecule has 0 spiro atoms. The molecule has 0 heterocycles. The molecule has 0 saturated carbocycles. The van der Waals surface area contributed by atoms with Crippen LogP contribution >= 0.6 is 0 Å². The van der Waals surface area contributed by atoms with Crippen LogP contribution in [0.5, 0.6) is 0 Å². The Morgan fingerprint density at radius 2 is 1.37 bits per heavy atom. The highest BCUT2D eigenvalue weighted by atomic mass is 28.4. The Balaban J connectivity index is 5.21. The fourth-order valence-corrected chi connectivity index (χ4v) is 13.3. The second-order valence-corrected chi connectivity index (χ2v) is 28.0. The van der Waals surface area contributed by atoms with Gasteiger partial charge in [-0.05, 0) is 71.5 Å². The summed E-state index contributed by atoms with van der Waals surface area (Å²) in [4.78, 5) is 0. The van der Waals surface area contributed by atoms with Crippen LogP contribution in [-0.2, 0) is 13.3 Å². The molecule has 0 saturated heterocycles. The summed E-state index contributed by atoms with van der Waals surface area (Å²) in [5.41, 5.74) is 0.731. The molecular weight excluding hydrogens is 401 g/mol. The Morgan fingerprint density at radius 1 is 0.889 bits per heavy atom. The van der Waals surface area contributed by atoms with Gasteiger partial charge in [-0.15, -0.1) is 0 Å². The van der Waals surface area contributed by atoms with E-state index >= 15 is 0 Å². The van der Waals surface area contributed by atoms with Gasteiger partial charge in [-0.1, -0.05) is 40.4 Å². The Bertz CT molecular complexity index is 445. The standard InChI is InChI=1S/C20H50O3Si4/c1-15-19(22-27(13,14)18(4)21-26(10,11)12)17(3)24(6)23-20(5,16-2)25(7,8)9/h17-19,24H,15-16H2,1-14H3. The van der Waals surface area contributed by atoms with E-state index in [1.54, 1.807) is 0 Å². The van der Waals surface area contributed by atoms with Crippen molar-refractivity contribution in [3.63, 3.8) is 0 Å². The molecule has 3 nitrogen and oxygen atoms in total. The van der Waals surface area contributed by atoms with E-state index in [-0.39, 0.29) is 17.1 Å². The third kappa shape index (κ3) is 8.56. The van der Waals surface area contributed by atoms with Crippen LogP contribution in [0.2, 0.25) is 64.5 Å². The second-order valence-electron chi connectivity index (χ2n) is 11.1. The maximum absolute atomic E-state index is 6.86. The zero-order chi connectivity index (χ0) is 21.8. The molecule has 0 aromatic heterocycles. The Kier molecular flexibility index (Phi) is 10.5. The summed E-state index contributed by atoms with van der Waals surface area (Å²) in [6, 6.07) is 0. The van der Waals surface area contributed by atoms with Crippen molar-refractivity contribution in [2.45, 2.75) is 129 Å². The van der Waals surface area contributed by atoms with Gasteiger partial charge < -0.3 is 13.3 Å². The molecule has 0 N–H and O–H groups in total. The summed E-state index contributed by atoms with van der Waals surface area (Å²) in [5, 5.41) is 0.0619. The number of hydrogen-bond donors (Lipinski definition) is 0. The quantitative estimate of drug-likeness (QED) is 0.314. The van der Waals surface area contributed by atoms with Gasteiger partial charge in [-0.25, -0.2) is 0 Å². The number of rotatable bonds is 12. The first-order valence-electron chi connectivity index (χ1n) is 10.9. The van der Waals surface area contributed by atoms with Crippen molar-refractivity contribution >= 4 is 33.7 Å². The molecule has 5 unspecified atom stereocenters. The van der Waals surface area contributed by atoms with Crippen molar-refractivity contribution in [1.82, 2.24) is 0 Å². The van der Waals surface area contributed by atoms with Crippen LogP contribution in [0.3, 0.4) is 0 Å². The molecule has 0 amide bonds. The van der Waals surface area contributed by atoms with E-state index < -0.39 is 33.7 Å². The minimum absolute atomic E-state index is 0.0619. The smallest absolute Gasteiger partial charge is 0.213 e. The van der Waals surface area contributed by atoms with Gasteiger partial charge in [0.25, 0.3) is 0 Å². The van der Waals surface area contributed by atoms with E-state index in [1.165, 1.54) is 0 Å². The van der Waals surface area contributed by atoms with Crippen LogP contribution < -0.4 is 0 Å². The normalized spacial score (nSPS) is 20.7. The van der Waals surface area contributed by atoms with Gasteiger partial charge in [0, 0.05) is 11.3 Å². The predicted octanol–water partition coefficient (Wildman–Crippen LogP) is 6.57. The SMILES string of the molecule is CCC(O[Si](C)(C)C(C)O[Si](C)(C)C)C(C)[SiH](C)OC(C)(CC)[Si](C)(C)C. The number of hydrogen-bond acceptors (Lipinski definition) is 3. The Hall–Kier alpha value is 0.748. The average molecular weight is 451 g/mol. The van der Waals surface area contributed by atoms with Crippen molar-refractivity contribution in [1.29, 1.82) is 0 Å². The summed E-state index contributed by atoms with van der Waals surface area (Å²) in [6.45, 7) is 32.6. The third-order valence-corrected chi connectivity index (χ3v) is 17.4. The van der Waals surface area contributed by atoms with Crippen molar-refractivity contribution in [3.05, 3.63) is 0 Å². The van der Waals surface area contributed by atoms with Gasteiger partial charge >= 0.3 is 0 Å². The van der Waals surface area contributed by atoms with Crippen molar-refractivity contribution in [2.75, 3.05) is 0 Å². The molecule has 0 aromatic rings. The lowest BCUT2D eigenvalue weighted by Crippen LogP contribution is -2.55. The Morgan fingerprint density at radius 3 is 1.70 bits per heavy atom. The molecule has 0 aliphatic rings. The van der Waals surface area contributed by atoms with E-state index in [1.807, 2.05) is 0 Å². The molecule has 0 aliphatic carbocycles. The minimum Gasteiger partial charge on any atom is -0.418 e. The highest BCUT2D eigenvalue weighted by molar-refractivity contribution is 6.79. The van der Waals surface area contributed by atoms with Gasteiger partial charge in [0.15, 0.2) is 17.4 Å². The predicted molar refractivity (Wildman–Crippen MR) is 132 cm³/mol. The van der Waals surface area contributed by atoms with Crippen molar-refractivity contribution < 1.29 is 13.3 Å². The van der Waals surface area contributed by atoms with Crippen molar-refractivity contribution in [2.24, 2.45) is 0 Å². The van der Waals surface area contributed by atoms with Crippen LogP contribution in [0.4, 0.5) is 0 Å². The first-order valence-corrected chi connectivity index (χ1v) is 23.1. The maximum atomic E-state index is 6.86. The third-order valence-electron chi connectivity index (χ3n) is 6.40. The van der Waals surface area contributed by atoms with Gasteiger partial charge in [-0.2, -0.15) is 0 Å². The summed E-state index contributed by atoms with van der Waals surface area (Å²) in [7, 11) is -6.25. The largest absolute Gasteiger partial charge is 0.418 e. The summed E-state index contributed by atoms with van der Waals surface area (Å²) in [5.74, 6) is 0. The van der Waals surface area contributed by atoms with Crippen LogP contribution in [0.1, 0.15) is 47.5 Å². The molecule has 164 valence electrons. The monoisotopic (exact) mass is 450 g/mol. The van der Waals surface area contributed by atoms with Crippen LogP contribution in [0.25, 0.3) is 0 Å². The van der Waals surface area contributed by atoms with Crippen molar-refractivity contribution in [3.8, 4) is 0 Å². The maximum Gasteiger partial charge on any atom is 0.213 e. The van der Waals surface area contributed by atoms with Crippen LogP contribution in [0.15, 0.2) is 0 Å². The van der Waals surface area contributed by atoms with E-state index in [0.717, 1.165) is 12.8 Å².